The van der Waals surface area contributed by atoms with Crippen LogP contribution >= 0.6 is 0 Å². The van der Waals surface area contributed by atoms with E-state index in [1.165, 1.54) is 17.0 Å². The maximum atomic E-state index is 13.5. The average molecular weight is 595 g/mol. The molecule has 1 aliphatic rings. The van der Waals surface area contributed by atoms with Crippen molar-refractivity contribution in [3.63, 3.8) is 0 Å². The molecule has 3 atom stereocenters. The molecule has 0 spiro atoms. The lowest BCUT2D eigenvalue weighted by Crippen LogP contribution is -2.48. The number of anilines is 2. The number of carbonyl (C=O) groups is 2. The van der Waals surface area contributed by atoms with Gasteiger partial charge in [0.1, 0.15) is 11.9 Å². The number of aliphatic hydroxyl groups is 1. The van der Waals surface area contributed by atoms with E-state index in [2.05, 4.69) is 10.0 Å². The number of sulfonamides is 1. The van der Waals surface area contributed by atoms with Gasteiger partial charge in [-0.25, -0.2) is 13.2 Å². The van der Waals surface area contributed by atoms with Crippen LogP contribution < -0.4 is 14.8 Å². The second kappa shape index (κ2) is 13.3. The van der Waals surface area contributed by atoms with E-state index in [9.17, 15) is 23.1 Å². The normalized spacial score (nSPS) is 18.0. The number of nitrogens with one attached hydrogen (secondary N) is 2. The van der Waals surface area contributed by atoms with Gasteiger partial charge in [-0.15, -0.1) is 0 Å². The molecule has 1 aliphatic heterocycles. The molecule has 0 aliphatic carbocycles. The monoisotopic (exact) mass is 594 g/mol. The van der Waals surface area contributed by atoms with Crippen LogP contribution in [0.25, 0.3) is 0 Å². The highest BCUT2D eigenvalue weighted by Crippen LogP contribution is 2.30. The van der Waals surface area contributed by atoms with Crippen molar-refractivity contribution in [3.05, 3.63) is 83.9 Å². The molecule has 0 bridgehead atoms. The van der Waals surface area contributed by atoms with Crippen LogP contribution in [-0.2, 0) is 21.2 Å². The number of aliphatic hydroxyl groups excluding tert-OH is 1. The highest BCUT2D eigenvalue weighted by molar-refractivity contribution is 7.92. The van der Waals surface area contributed by atoms with E-state index in [4.69, 9.17) is 4.74 Å². The Morgan fingerprint density at radius 1 is 1.10 bits per heavy atom. The summed E-state index contributed by atoms with van der Waals surface area (Å²) in [5.74, 6) is -0.00272. The van der Waals surface area contributed by atoms with Gasteiger partial charge in [0.2, 0.25) is 5.91 Å². The van der Waals surface area contributed by atoms with Crippen LogP contribution in [-0.4, -0.2) is 74.2 Å². The maximum Gasteiger partial charge on any atom is 0.321 e. The number of rotatable bonds is 8. The van der Waals surface area contributed by atoms with Gasteiger partial charge in [-0.3, -0.25) is 9.52 Å². The first-order valence-electron chi connectivity index (χ1n) is 13.8. The van der Waals surface area contributed by atoms with Crippen molar-refractivity contribution < 1.29 is 27.9 Å². The fraction of sp³-hybridized carbons (Fsp3) is 0.355. The summed E-state index contributed by atoms with van der Waals surface area (Å²) in [6, 6.07) is 19.7. The summed E-state index contributed by atoms with van der Waals surface area (Å²) in [5, 5.41) is 12.7. The zero-order valence-corrected chi connectivity index (χ0v) is 25.1. The van der Waals surface area contributed by atoms with Crippen molar-refractivity contribution in [2.75, 3.05) is 36.8 Å². The average Bonchev–Trinajstić information content (AvgIpc) is 3.00. The van der Waals surface area contributed by atoms with Gasteiger partial charge in [0.15, 0.2) is 0 Å². The van der Waals surface area contributed by atoms with E-state index in [0.717, 1.165) is 5.56 Å². The number of hydrogen-bond acceptors (Lipinski definition) is 6. The van der Waals surface area contributed by atoms with Gasteiger partial charge < -0.3 is 25.0 Å². The van der Waals surface area contributed by atoms with Crippen LogP contribution in [0.4, 0.5) is 16.2 Å². The lowest BCUT2D eigenvalue weighted by Gasteiger charge is -2.34. The number of amides is 3. The summed E-state index contributed by atoms with van der Waals surface area (Å²) in [4.78, 5) is 29.7. The summed E-state index contributed by atoms with van der Waals surface area (Å²) >= 11 is 0. The van der Waals surface area contributed by atoms with Crippen LogP contribution in [0.15, 0.2) is 77.7 Å². The van der Waals surface area contributed by atoms with Crippen molar-refractivity contribution in [2.45, 2.75) is 44.2 Å². The quantitative estimate of drug-likeness (QED) is 0.360. The lowest BCUT2D eigenvalue weighted by atomic mass is 10.0. The predicted molar refractivity (Wildman–Crippen MR) is 162 cm³/mol. The second-order valence-electron chi connectivity index (χ2n) is 10.8. The third kappa shape index (κ3) is 7.59. The molecule has 1 heterocycles. The summed E-state index contributed by atoms with van der Waals surface area (Å²) < 4.78 is 35.1. The van der Waals surface area contributed by atoms with Crippen LogP contribution in [0.3, 0.4) is 0 Å². The van der Waals surface area contributed by atoms with Crippen molar-refractivity contribution in [2.24, 2.45) is 5.92 Å². The number of aryl methyl sites for hydroxylation is 1. The number of fused-ring (bicyclic) bond motifs is 1. The van der Waals surface area contributed by atoms with E-state index < -0.39 is 22.2 Å². The van der Waals surface area contributed by atoms with E-state index in [-0.39, 0.29) is 48.0 Å². The summed E-state index contributed by atoms with van der Waals surface area (Å²) in [6.07, 6.45) is -0.562. The Balaban J connectivity index is 1.62. The Labute approximate surface area is 247 Å². The summed E-state index contributed by atoms with van der Waals surface area (Å²) in [6.45, 7) is 5.89. The van der Waals surface area contributed by atoms with Crippen LogP contribution in [0.1, 0.15) is 25.0 Å². The smallest absolute Gasteiger partial charge is 0.321 e. The Kier molecular flexibility index (Phi) is 9.74. The largest absolute Gasteiger partial charge is 0.488 e. The molecule has 0 aromatic heterocycles. The third-order valence-corrected chi connectivity index (χ3v) is 8.72. The van der Waals surface area contributed by atoms with Crippen molar-refractivity contribution in [3.8, 4) is 5.75 Å². The number of hydrogen-bond donors (Lipinski definition) is 3. The summed E-state index contributed by atoms with van der Waals surface area (Å²) in [5.41, 5.74) is 2.39. The van der Waals surface area contributed by atoms with E-state index in [1.54, 1.807) is 61.3 Å². The molecule has 3 aromatic carbocycles. The van der Waals surface area contributed by atoms with Gasteiger partial charge in [-0.2, -0.15) is 0 Å². The minimum atomic E-state index is -3.86. The number of ether oxygens (including phenoxy) is 1. The van der Waals surface area contributed by atoms with Crippen LogP contribution in [0, 0.1) is 12.8 Å². The van der Waals surface area contributed by atoms with Gasteiger partial charge in [0.05, 0.1) is 30.5 Å². The molecule has 224 valence electrons. The van der Waals surface area contributed by atoms with Gasteiger partial charge in [0.25, 0.3) is 10.0 Å². The van der Waals surface area contributed by atoms with Crippen molar-refractivity contribution in [1.29, 1.82) is 0 Å². The minimum absolute atomic E-state index is 0.0520. The van der Waals surface area contributed by atoms with E-state index in [1.807, 2.05) is 32.0 Å². The third-order valence-electron chi connectivity index (χ3n) is 7.33. The zero-order valence-electron chi connectivity index (χ0n) is 24.3. The highest BCUT2D eigenvalue weighted by atomic mass is 32.2. The first-order valence-corrected chi connectivity index (χ1v) is 15.3. The second-order valence-corrected chi connectivity index (χ2v) is 12.5. The molecule has 0 fully saturated rings. The highest BCUT2D eigenvalue weighted by Gasteiger charge is 2.32. The lowest BCUT2D eigenvalue weighted by molar-refractivity contribution is -0.134. The summed E-state index contributed by atoms with van der Waals surface area (Å²) in [7, 11) is -2.19. The number of carbonyl (C=O) groups excluding carboxylic acids is 2. The molecular weight excluding hydrogens is 556 g/mol. The van der Waals surface area contributed by atoms with Crippen molar-refractivity contribution >= 4 is 33.3 Å². The molecule has 3 N–H and O–H groups in total. The number of nitrogens with zero attached hydrogens (tertiary/aromatic N) is 2. The fourth-order valence-electron chi connectivity index (χ4n) is 4.74. The molecule has 3 aromatic rings. The fourth-order valence-corrected chi connectivity index (χ4v) is 5.79. The Hall–Kier alpha value is -4.09. The number of urea groups is 1. The molecule has 3 amide bonds. The molecule has 10 nitrogen and oxygen atoms in total. The molecule has 0 radical (unpaired) electrons. The Morgan fingerprint density at radius 3 is 2.45 bits per heavy atom. The predicted octanol–water partition coefficient (Wildman–Crippen LogP) is 4.11. The molecule has 42 heavy (non-hydrogen) atoms. The first kappa shape index (κ1) is 30.9. The molecule has 0 saturated heterocycles. The molecule has 4 rings (SSSR count). The molecule has 0 unspecified atom stereocenters. The topological polar surface area (TPSA) is 128 Å². The Bertz CT molecular complexity index is 1500. The van der Waals surface area contributed by atoms with Gasteiger partial charge in [-0.05, 0) is 56.3 Å². The zero-order chi connectivity index (χ0) is 30.4. The number of benzene rings is 3. The standard InChI is InChI=1S/C31H38N4O6S/c1-21-10-13-27(14-11-21)42(39,40)33-26-12-15-28-24(16-26)17-30(37)35(23(3)20-36)18-22(2)29(41-28)19-34(4)31(38)32-25-8-6-5-7-9-25/h5-16,22-23,29,33,36H,17-20H2,1-4H3,(H,32,38)/t22-,23+,29+/m1/s1. The van der Waals surface area contributed by atoms with E-state index >= 15 is 0 Å². The number of likely N-dealkylation sites (N-methyl/N-ethyl adjacent to an activating group) is 1. The van der Waals surface area contributed by atoms with Crippen LogP contribution in [0.2, 0.25) is 0 Å². The molecular formula is C31H38N4O6S. The Morgan fingerprint density at radius 2 is 1.79 bits per heavy atom. The van der Waals surface area contributed by atoms with E-state index in [0.29, 0.717) is 23.5 Å². The van der Waals surface area contributed by atoms with Gasteiger partial charge in [-0.1, -0.05) is 42.8 Å². The number of para-hydroxylation sites is 1. The van der Waals surface area contributed by atoms with Gasteiger partial charge in [0, 0.05) is 36.4 Å². The first-order chi connectivity index (χ1) is 20.0. The van der Waals surface area contributed by atoms with Gasteiger partial charge >= 0.3 is 6.03 Å². The minimum Gasteiger partial charge on any atom is -0.488 e. The molecule has 11 heteroatoms. The molecule has 0 saturated carbocycles. The SMILES string of the molecule is Cc1ccc(S(=O)(=O)Nc2ccc3c(c2)CC(=O)N([C@@H](C)CO)C[C@@H](C)[C@H](CN(C)C(=O)Nc2ccccc2)O3)cc1. The van der Waals surface area contributed by atoms with Crippen LogP contribution in [0.5, 0.6) is 5.75 Å². The van der Waals surface area contributed by atoms with Crippen molar-refractivity contribution in [1.82, 2.24) is 9.80 Å². The maximum absolute atomic E-state index is 13.5.